The van der Waals surface area contributed by atoms with E-state index < -0.39 is 0 Å². The van der Waals surface area contributed by atoms with E-state index in [0.29, 0.717) is 28.5 Å². The monoisotopic (exact) mass is 544 g/mol. The van der Waals surface area contributed by atoms with Crippen LogP contribution >= 0.6 is 0 Å². The molecule has 4 aromatic carbocycles. The lowest BCUT2D eigenvalue weighted by atomic mass is 9.48. The van der Waals surface area contributed by atoms with Crippen molar-refractivity contribution in [2.45, 2.75) is 43.9 Å². The van der Waals surface area contributed by atoms with E-state index in [4.69, 9.17) is 15.0 Å². The zero-order valence-electron chi connectivity index (χ0n) is 23.6. The second-order valence-electron chi connectivity index (χ2n) is 12.7. The van der Waals surface area contributed by atoms with Crippen molar-refractivity contribution >= 4 is 0 Å². The predicted octanol–water partition coefficient (Wildman–Crippen LogP) is 8.88. The first-order chi connectivity index (χ1) is 20.6. The third-order valence-corrected chi connectivity index (χ3v) is 9.91. The predicted molar refractivity (Wildman–Crippen MR) is 166 cm³/mol. The van der Waals surface area contributed by atoms with Gasteiger partial charge in [0.2, 0.25) is 0 Å². The fourth-order valence-electron chi connectivity index (χ4n) is 8.39. The number of hydrogen-bond acceptors (Lipinski definition) is 4. The Morgan fingerprint density at radius 1 is 0.524 bits per heavy atom. The van der Waals surface area contributed by atoms with E-state index in [1.54, 1.807) is 0 Å². The molecule has 1 heterocycles. The molecule has 4 heteroatoms. The van der Waals surface area contributed by atoms with Gasteiger partial charge in [-0.3, -0.25) is 0 Å². The van der Waals surface area contributed by atoms with Gasteiger partial charge in [-0.05, 0) is 96.6 Å². The summed E-state index contributed by atoms with van der Waals surface area (Å²) in [7, 11) is 0. The van der Waals surface area contributed by atoms with E-state index in [9.17, 15) is 5.26 Å². The summed E-state index contributed by atoms with van der Waals surface area (Å²) in [4.78, 5) is 14.9. The summed E-state index contributed by atoms with van der Waals surface area (Å²) in [5, 5.41) is 9.39. The molecule has 0 saturated heterocycles. The molecular formula is C38H32N4. The first-order valence-electron chi connectivity index (χ1n) is 15.2. The number of nitrogens with zero attached hydrogens (tertiary/aromatic N) is 4. The van der Waals surface area contributed by atoms with Gasteiger partial charge >= 0.3 is 0 Å². The summed E-state index contributed by atoms with van der Waals surface area (Å²) in [5.74, 6) is 4.77. The van der Waals surface area contributed by atoms with Gasteiger partial charge in [0.05, 0.1) is 11.6 Å². The molecule has 0 atom stereocenters. The molecule has 0 N–H and O–H groups in total. The quantitative estimate of drug-likeness (QED) is 0.222. The Kier molecular flexibility index (Phi) is 6.00. The largest absolute Gasteiger partial charge is 0.208 e. The molecule has 0 unspecified atom stereocenters. The Morgan fingerprint density at radius 2 is 1.02 bits per heavy atom. The maximum Gasteiger partial charge on any atom is 0.164 e. The molecule has 0 spiro atoms. The van der Waals surface area contributed by atoms with Gasteiger partial charge in [-0.15, -0.1) is 0 Å². The van der Waals surface area contributed by atoms with Crippen LogP contribution in [0.4, 0.5) is 0 Å². The van der Waals surface area contributed by atoms with Crippen LogP contribution in [0.3, 0.4) is 0 Å². The molecule has 4 bridgehead atoms. The van der Waals surface area contributed by atoms with E-state index in [-0.39, 0.29) is 0 Å². The van der Waals surface area contributed by atoms with Crippen molar-refractivity contribution in [3.05, 3.63) is 114 Å². The van der Waals surface area contributed by atoms with Crippen molar-refractivity contribution in [1.29, 1.82) is 5.26 Å². The fourth-order valence-corrected chi connectivity index (χ4v) is 8.39. The van der Waals surface area contributed by atoms with Crippen molar-refractivity contribution in [2.24, 2.45) is 17.8 Å². The summed E-state index contributed by atoms with van der Waals surface area (Å²) >= 11 is 0. The zero-order chi connectivity index (χ0) is 28.1. The van der Waals surface area contributed by atoms with E-state index in [0.717, 1.165) is 45.6 Å². The Labute approximate surface area is 247 Å². The number of benzene rings is 4. The van der Waals surface area contributed by atoms with Gasteiger partial charge in [0, 0.05) is 16.7 Å². The highest BCUT2D eigenvalue weighted by atomic mass is 15.0. The lowest BCUT2D eigenvalue weighted by Crippen LogP contribution is -2.48. The topological polar surface area (TPSA) is 62.5 Å². The molecule has 4 nitrogen and oxygen atoms in total. The van der Waals surface area contributed by atoms with Gasteiger partial charge < -0.3 is 0 Å². The molecule has 0 radical (unpaired) electrons. The van der Waals surface area contributed by atoms with Crippen LogP contribution in [0.25, 0.3) is 45.3 Å². The van der Waals surface area contributed by atoms with Crippen LogP contribution < -0.4 is 0 Å². The van der Waals surface area contributed by atoms with Gasteiger partial charge in [0.25, 0.3) is 0 Å². The van der Waals surface area contributed by atoms with Crippen LogP contribution in [-0.4, -0.2) is 15.0 Å². The highest BCUT2D eigenvalue weighted by Gasteiger charge is 2.51. The molecule has 9 rings (SSSR count). The maximum absolute atomic E-state index is 9.39. The highest BCUT2D eigenvalue weighted by molar-refractivity contribution is 5.73. The minimum Gasteiger partial charge on any atom is -0.208 e. The lowest BCUT2D eigenvalue weighted by molar-refractivity contribution is -0.00518. The minimum absolute atomic E-state index is 0.371. The Balaban J connectivity index is 1.19. The number of aromatic nitrogens is 3. The minimum atomic E-state index is 0.371. The zero-order valence-corrected chi connectivity index (χ0v) is 23.6. The van der Waals surface area contributed by atoms with Crippen LogP contribution in [0.15, 0.2) is 103 Å². The average Bonchev–Trinajstić information content (AvgIpc) is 3.04. The SMILES string of the molecule is N#Cc1cccc(-c2cccc(-c3nc(-c4ccccc4)nc(-c4ccc(C56CC7C[C@H](C5)C[C@@H](C7)C6)cc4)n3)c2)c1. The number of rotatable bonds is 5. The lowest BCUT2D eigenvalue weighted by Gasteiger charge is -2.57. The summed E-state index contributed by atoms with van der Waals surface area (Å²) < 4.78 is 0. The Hall–Kier alpha value is -4.62. The number of hydrogen-bond donors (Lipinski definition) is 0. The van der Waals surface area contributed by atoms with Gasteiger partial charge in [-0.25, -0.2) is 15.0 Å². The van der Waals surface area contributed by atoms with Gasteiger partial charge in [0.1, 0.15) is 0 Å². The normalized spacial score (nSPS) is 23.9. The molecule has 5 aromatic rings. The van der Waals surface area contributed by atoms with Gasteiger partial charge in [-0.1, -0.05) is 84.9 Å². The molecule has 0 amide bonds. The van der Waals surface area contributed by atoms with Crippen LogP contribution in [0.1, 0.15) is 49.7 Å². The Morgan fingerprint density at radius 3 is 1.64 bits per heavy atom. The highest BCUT2D eigenvalue weighted by Crippen LogP contribution is 2.60. The van der Waals surface area contributed by atoms with Crippen LogP contribution in [0.2, 0.25) is 0 Å². The molecular weight excluding hydrogens is 512 g/mol. The van der Waals surface area contributed by atoms with Crippen molar-refractivity contribution in [1.82, 2.24) is 15.0 Å². The molecule has 4 fully saturated rings. The van der Waals surface area contributed by atoms with E-state index >= 15 is 0 Å². The van der Waals surface area contributed by atoms with E-state index in [1.807, 2.05) is 66.7 Å². The second-order valence-corrected chi connectivity index (χ2v) is 12.7. The van der Waals surface area contributed by atoms with Crippen LogP contribution in [0, 0.1) is 29.1 Å². The second kappa shape index (κ2) is 10.0. The molecule has 4 aliphatic carbocycles. The van der Waals surface area contributed by atoms with Crippen molar-refractivity contribution in [2.75, 3.05) is 0 Å². The summed E-state index contributed by atoms with van der Waals surface area (Å²) in [6, 6.07) is 37.5. The Bertz CT molecular complexity index is 1780. The first kappa shape index (κ1) is 25.1. The van der Waals surface area contributed by atoms with Crippen molar-refractivity contribution < 1.29 is 0 Å². The molecule has 204 valence electrons. The van der Waals surface area contributed by atoms with E-state index in [2.05, 4.69) is 42.5 Å². The molecule has 1 aromatic heterocycles. The average molecular weight is 545 g/mol. The standard InChI is InChI=1S/C38H32N4/c39-24-25-6-4-9-31(19-25)32-10-5-11-33(20-32)37-41-35(29-7-2-1-3-8-29)40-36(42-37)30-12-14-34(15-13-30)38-21-26-16-27(22-38)18-28(17-26)23-38/h1-15,19-20,26-28H,16-18,21-23H2/t26-,27+,28?,38?. The van der Waals surface area contributed by atoms with Crippen molar-refractivity contribution in [3.8, 4) is 51.4 Å². The summed E-state index contributed by atoms with van der Waals surface area (Å²) in [5.41, 5.74) is 7.43. The third-order valence-electron chi connectivity index (χ3n) is 9.91. The summed E-state index contributed by atoms with van der Waals surface area (Å²) in [6.07, 6.45) is 8.45. The maximum atomic E-state index is 9.39. The molecule has 42 heavy (non-hydrogen) atoms. The number of nitriles is 1. The van der Waals surface area contributed by atoms with Crippen LogP contribution in [-0.2, 0) is 5.41 Å². The van der Waals surface area contributed by atoms with Crippen molar-refractivity contribution in [3.63, 3.8) is 0 Å². The van der Waals surface area contributed by atoms with Gasteiger partial charge in [-0.2, -0.15) is 5.26 Å². The smallest absolute Gasteiger partial charge is 0.164 e. The molecule has 4 saturated carbocycles. The fraction of sp³-hybridized carbons (Fsp3) is 0.263. The van der Waals surface area contributed by atoms with E-state index in [1.165, 1.54) is 44.1 Å². The van der Waals surface area contributed by atoms with Crippen LogP contribution in [0.5, 0.6) is 0 Å². The first-order valence-corrected chi connectivity index (χ1v) is 15.2. The summed E-state index contributed by atoms with van der Waals surface area (Å²) in [6.45, 7) is 0. The third kappa shape index (κ3) is 4.50. The van der Waals surface area contributed by atoms with Gasteiger partial charge in [0.15, 0.2) is 17.5 Å². The molecule has 0 aliphatic heterocycles. The molecule has 4 aliphatic rings.